The minimum Gasteiger partial charge on any atom is -0.565 e. The Kier molecular flexibility index (Phi) is 19.1. The van der Waals surface area contributed by atoms with Crippen LogP contribution in [0.2, 0.25) is 0 Å². The van der Waals surface area contributed by atoms with Crippen LogP contribution in [0.25, 0.3) is 0 Å². The van der Waals surface area contributed by atoms with Crippen molar-refractivity contribution >= 4 is 12.1 Å². The second-order valence-electron chi connectivity index (χ2n) is 1.17. The quantitative estimate of drug-likeness (QED) is 0.227. The summed E-state index contributed by atoms with van der Waals surface area (Å²) >= 11 is 0. The van der Waals surface area contributed by atoms with Crippen molar-refractivity contribution in [2.75, 3.05) is 6.73 Å². The van der Waals surface area contributed by atoms with E-state index in [0.29, 0.717) is 0 Å². The fourth-order valence-electron chi connectivity index (χ4n) is 0.150. The van der Waals surface area contributed by atoms with Crippen molar-refractivity contribution in [3.8, 4) is 0 Å². The number of aliphatic hydroxyl groups is 1. The molecule has 0 saturated heterocycles. The van der Waals surface area contributed by atoms with Gasteiger partial charge in [-0.05, 0) is 6.08 Å². The molecule has 0 heterocycles. The van der Waals surface area contributed by atoms with Crippen LogP contribution < -0.4 is 40.0 Å². The average Bonchev–Trinajstić information content (AvgIpc) is 1.87. The first-order valence-electron chi connectivity index (χ1n) is 2.45. The Morgan fingerprint density at radius 1 is 1.58 bits per heavy atom. The van der Waals surface area contributed by atoms with Gasteiger partial charge in [-0.15, -0.1) is 0 Å². The molecule has 0 bridgehead atoms. The van der Waals surface area contributed by atoms with Crippen LogP contribution in [0.15, 0.2) is 12.7 Å². The molecule has 0 aliphatic carbocycles. The number of carboxylic acid groups (broad SMARTS) is 2. The molecule has 0 aromatic rings. The number of carbonyl (C=O) groups excluding carboxylic acids is 1. The van der Waals surface area contributed by atoms with E-state index in [4.69, 9.17) is 20.1 Å². The zero-order valence-electron chi connectivity index (χ0n) is 6.61. The van der Waals surface area contributed by atoms with Crippen molar-refractivity contribution < 1.29 is 54.5 Å². The summed E-state index contributed by atoms with van der Waals surface area (Å²) in [7, 11) is 0. The fourth-order valence-corrected chi connectivity index (χ4v) is 0.150. The summed E-state index contributed by atoms with van der Waals surface area (Å²) in [6, 6.07) is 0. The topological polar surface area (TPSA) is 110 Å². The molecule has 0 aromatic carbocycles. The molecule has 0 fully saturated rings. The molecule has 0 atom stereocenters. The molecule has 64 valence electrons. The van der Waals surface area contributed by atoms with Crippen molar-refractivity contribution in [1.29, 1.82) is 0 Å². The van der Waals surface area contributed by atoms with Crippen LogP contribution in [0.3, 0.4) is 0 Å². The summed E-state index contributed by atoms with van der Waals surface area (Å²) in [4.78, 5) is 18.5. The summed E-state index contributed by atoms with van der Waals surface area (Å²) < 4.78 is 0. The van der Waals surface area contributed by atoms with E-state index in [-0.39, 0.29) is 42.2 Å². The van der Waals surface area contributed by atoms with Crippen LogP contribution in [0, 0.1) is 0 Å². The van der Waals surface area contributed by atoms with Gasteiger partial charge in [0.2, 0.25) is 12.1 Å². The summed E-state index contributed by atoms with van der Waals surface area (Å²) in [5.41, 5.74) is 0. The number of hydrogen-bond acceptors (Lipinski definition) is 4. The first-order chi connectivity index (χ1) is 5.04. The van der Waals surface area contributed by atoms with Gasteiger partial charge in [-0.3, -0.25) is 4.79 Å². The molecule has 1 amide bonds. The van der Waals surface area contributed by atoms with Gasteiger partial charge in [-0.1, -0.05) is 6.58 Å². The van der Waals surface area contributed by atoms with Crippen molar-refractivity contribution in [1.82, 2.24) is 5.32 Å². The Bertz CT molecular complexity index is 145. The number of hydrogen-bond donors (Lipinski definition) is 3. The molecule has 0 aromatic heterocycles. The molecule has 0 saturated carbocycles. The monoisotopic (exact) mass is 185 g/mol. The zero-order chi connectivity index (χ0) is 9.28. The number of aliphatic hydroxyl groups excluding tert-OH is 1. The van der Waals surface area contributed by atoms with Gasteiger partial charge in [0, 0.05) is 0 Å². The molecule has 0 unspecified atom stereocenters. The maximum absolute atomic E-state index is 10.0. The maximum Gasteiger partial charge on any atom is 1.00 e. The van der Waals surface area contributed by atoms with Crippen LogP contribution in [0.5, 0.6) is 0 Å². The smallest absolute Gasteiger partial charge is 0.565 e. The van der Waals surface area contributed by atoms with Crippen molar-refractivity contribution in [2.45, 2.75) is 0 Å². The van der Waals surface area contributed by atoms with E-state index >= 15 is 0 Å². The Morgan fingerprint density at radius 3 is 2.00 bits per heavy atom. The molecule has 6 nitrogen and oxygen atoms in total. The van der Waals surface area contributed by atoms with E-state index in [2.05, 4.69) is 11.9 Å². The van der Waals surface area contributed by atoms with Gasteiger partial charge < -0.3 is 25.4 Å². The van der Waals surface area contributed by atoms with Gasteiger partial charge in [0.1, 0.15) is 6.73 Å². The molecule has 0 radical (unpaired) electrons. The third kappa shape index (κ3) is 34.1. The standard InChI is InChI=1S/C4H7NO2.CH2O3.Na/c1-2-4(7)5-3-6;2-1(3)4;/h2,6H,1,3H2,(H,5,7);(H2,2,3,4);/q;;+1/p-1. The molecule has 7 heteroatoms. The average molecular weight is 185 g/mol. The van der Waals surface area contributed by atoms with E-state index < -0.39 is 6.16 Å². The maximum atomic E-state index is 10.0. The molecular formula is C5H8NNaO5. The van der Waals surface area contributed by atoms with Crippen molar-refractivity contribution in [2.24, 2.45) is 0 Å². The summed E-state index contributed by atoms with van der Waals surface area (Å²) in [6.07, 6.45) is -0.990. The van der Waals surface area contributed by atoms with Gasteiger partial charge >= 0.3 is 29.6 Å². The van der Waals surface area contributed by atoms with Gasteiger partial charge in [0.15, 0.2) is 0 Å². The van der Waals surface area contributed by atoms with Crippen LogP contribution in [-0.2, 0) is 4.79 Å². The SMILES string of the molecule is C=CC(=O)NCO.O=C([O-])O.[Na+]. The predicted molar refractivity (Wildman–Crippen MR) is 33.5 cm³/mol. The Hall–Kier alpha value is -0.560. The number of rotatable bonds is 2. The van der Waals surface area contributed by atoms with Gasteiger partial charge in [-0.25, -0.2) is 0 Å². The largest absolute Gasteiger partial charge is 1.00 e. The first kappa shape index (κ1) is 17.5. The Morgan fingerprint density at radius 2 is 1.92 bits per heavy atom. The van der Waals surface area contributed by atoms with Crippen LogP contribution >= 0.6 is 0 Å². The second-order valence-corrected chi connectivity index (χ2v) is 1.17. The molecule has 0 spiro atoms. The van der Waals surface area contributed by atoms with Gasteiger partial charge in [0.25, 0.3) is 0 Å². The second kappa shape index (κ2) is 13.1. The summed E-state index contributed by atoms with van der Waals surface area (Å²) in [5, 5.41) is 25.4. The predicted octanol–water partition coefficient (Wildman–Crippen LogP) is -4.87. The van der Waals surface area contributed by atoms with Crippen LogP contribution in [-0.4, -0.2) is 29.0 Å². The normalized spacial score (nSPS) is 6.42. The van der Waals surface area contributed by atoms with E-state index in [1.165, 1.54) is 0 Å². The number of carbonyl (C=O) groups is 2. The number of amides is 1. The molecular weight excluding hydrogens is 177 g/mol. The van der Waals surface area contributed by atoms with Crippen molar-refractivity contribution in [3.63, 3.8) is 0 Å². The van der Waals surface area contributed by atoms with Crippen LogP contribution in [0.4, 0.5) is 4.79 Å². The van der Waals surface area contributed by atoms with Gasteiger partial charge in [0.05, 0.1) is 0 Å². The zero-order valence-corrected chi connectivity index (χ0v) is 8.61. The van der Waals surface area contributed by atoms with Crippen molar-refractivity contribution in [3.05, 3.63) is 12.7 Å². The Labute approximate surface area is 91.2 Å². The van der Waals surface area contributed by atoms with E-state index in [0.717, 1.165) is 6.08 Å². The van der Waals surface area contributed by atoms with E-state index in [1.807, 2.05) is 0 Å². The fraction of sp³-hybridized carbons (Fsp3) is 0.200. The minimum absolute atomic E-state index is 0. The summed E-state index contributed by atoms with van der Waals surface area (Å²) in [5.74, 6) is -0.359. The van der Waals surface area contributed by atoms with Gasteiger partial charge in [-0.2, -0.15) is 0 Å². The third-order valence-corrected chi connectivity index (χ3v) is 0.439. The first-order valence-corrected chi connectivity index (χ1v) is 2.45. The minimum atomic E-state index is -2.08. The Balaban J connectivity index is -0.000000142. The molecule has 3 N–H and O–H groups in total. The molecule has 0 rings (SSSR count). The van der Waals surface area contributed by atoms with E-state index in [9.17, 15) is 4.79 Å². The molecule has 0 aliphatic rings. The third-order valence-electron chi connectivity index (χ3n) is 0.439. The van der Waals surface area contributed by atoms with Crippen LogP contribution in [0.1, 0.15) is 0 Å². The number of nitrogens with one attached hydrogen (secondary N) is 1. The van der Waals surface area contributed by atoms with E-state index in [1.54, 1.807) is 0 Å². The summed E-state index contributed by atoms with van der Waals surface area (Å²) in [6.45, 7) is 2.83. The molecule has 0 aliphatic heterocycles. The molecule has 12 heavy (non-hydrogen) atoms.